The van der Waals surface area contributed by atoms with Crippen LogP contribution in [0.15, 0.2) is 0 Å². The Bertz CT molecular complexity index is 85.8. The molecule has 0 aliphatic heterocycles. The van der Waals surface area contributed by atoms with E-state index in [0.717, 1.165) is 0 Å². The predicted molar refractivity (Wildman–Crippen MR) is 56.9 cm³/mol. The number of hydrogen-bond donors (Lipinski definition) is 1. The van der Waals surface area contributed by atoms with Gasteiger partial charge in [0.2, 0.25) is 0 Å². The van der Waals surface area contributed by atoms with Gasteiger partial charge < -0.3 is 0 Å². The Balaban J connectivity index is 3.55. The Morgan fingerprint density at radius 3 is 1.75 bits per heavy atom. The van der Waals surface area contributed by atoms with Crippen LogP contribution in [0, 0.1) is 0 Å². The van der Waals surface area contributed by atoms with Gasteiger partial charge in [0.25, 0.3) is 0 Å². The van der Waals surface area contributed by atoms with E-state index in [-0.39, 0.29) is 4.89 Å². The van der Waals surface area contributed by atoms with E-state index in [1.165, 1.54) is 36.1 Å². The molecule has 0 aliphatic carbocycles. The second-order valence-electron chi connectivity index (χ2n) is 3.37. The van der Waals surface area contributed by atoms with Crippen molar-refractivity contribution >= 4 is 14.7 Å². The van der Waals surface area contributed by atoms with Crippen molar-refractivity contribution in [3.8, 4) is 0 Å². The van der Waals surface area contributed by atoms with Crippen molar-refractivity contribution in [3.05, 3.63) is 0 Å². The molecule has 0 amide bonds. The molecular formula is C10H23AsO. The van der Waals surface area contributed by atoms with Gasteiger partial charge in [-0.2, -0.15) is 0 Å². The summed E-state index contributed by atoms with van der Waals surface area (Å²) in [7, 11) is 0. The quantitative estimate of drug-likeness (QED) is 0.671. The van der Waals surface area contributed by atoms with E-state index in [0.29, 0.717) is 0 Å². The van der Waals surface area contributed by atoms with E-state index in [1.54, 1.807) is 0 Å². The molecule has 1 nitrogen and oxygen atoms in total. The second kappa shape index (κ2) is 8.13. The Morgan fingerprint density at radius 1 is 1.08 bits per heavy atom. The summed E-state index contributed by atoms with van der Waals surface area (Å²) in [5.74, 6) is 0. The van der Waals surface area contributed by atoms with Gasteiger partial charge in [-0.05, 0) is 0 Å². The van der Waals surface area contributed by atoms with Gasteiger partial charge in [0.1, 0.15) is 0 Å². The van der Waals surface area contributed by atoms with Crippen LogP contribution in [0.1, 0.15) is 46.5 Å². The summed E-state index contributed by atoms with van der Waals surface area (Å²) in [5.41, 5.74) is 0. The fraction of sp³-hybridized carbons (Fsp3) is 1.00. The van der Waals surface area contributed by atoms with Gasteiger partial charge in [0.05, 0.1) is 0 Å². The molecule has 0 spiro atoms. The van der Waals surface area contributed by atoms with Crippen molar-refractivity contribution in [1.29, 1.82) is 0 Å². The molecule has 0 fully saturated rings. The molecule has 1 unspecified atom stereocenters. The van der Waals surface area contributed by atoms with Crippen molar-refractivity contribution in [2.45, 2.75) is 61.8 Å². The minimum absolute atomic E-state index is 0.0376. The first-order chi connectivity index (χ1) is 5.72. The molecule has 0 aromatic rings. The number of aliphatic hydroxyl groups excluding tert-OH is 1. The van der Waals surface area contributed by atoms with E-state index in [1.807, 2.05) is 6.92 Å². The maximum absolute atomic E-state index is 9.53. The molecule has 0 rings (SSSR count). The number of rotatable bonds is 7. The van der Waals surface area contributed by atoms with Crippen LogP contribution in [-0.2, 0) is 0 Å². The summed E-state index contributed by atoms with van der Waals surface area (Å²) >= 11 is -0.853. The van der Waals surface area contributed by atoms with Gasteiger partial charge in [-0.15, -0.1) is 0 Å². The van der Waals surface area contributed by atoms with Gasteiger partial charge in [-0.3, -0.25) is 0 Å². The zero-order chi connectivity index (χ0) is 9.40. The monoisotopic (exact) mass is 234 g/mol. The van der Waals surface area contributed by atoms with E-state index < -0.39 is 14.7 Å². The number of unbranched alkanes of at least 4 members (excludes halogenated alkanes) is 2. The summed E-state index contributed by atoms with van der Waals surface area (Å²) in [5, 5.41) is 12.2. The topological polar surface area (TPSA) is 20.2 Å². The summed E-state index contributed by atoms with van der Waals surface area (Å²) < 4.78 is 0. The molecule has 74 valence electrons. The van der Waals surface area contributed by atoms with Crippen molar-refractivity contribution in [3.63, 3.8) is 0 Å². The fourth-order valence-corrected chi connectivity index (χ4v) is 6.28. The summed E-state index contributed by atoms with van der Waals surface area (Å²) in [4.78, 5) is 0.0376. The normalized spacial score (nSPS) is 13.8. The van der Waals surface area contributed by atoms with Gasteiger partial charge in [-0.1, -0.05) is 0 Å². The minimum atomic E-state index is -0.853. The first kappa shape index (κ1) is 12.5. The Labute approximate surface area is 81.8 Å². The molecule has 0 radical (unpaired) electrons. The molecule has 2 heteroatoms. The number of hydrogen-bond acceptors (Lipinski definition) is 1. The molecule has 0 aliphatic rings. The first-order valence-corrected chi connectivity index (χ1v) is 8.88. The summed E-state index contributed by atoms with van der Waals surface area (Å²) in [6, 6.07) is 0. The van der Waals surface area contributed by atoms with Gasteiger partial charge in [-0.25, -0.2) is 0 Å². The average molecular weight is 234 g/mol. The van der Waals surface area contributed by atoms with E-state index in [4.69, 9.17) is 0 Å². The third kappa shape index (κ3) is 6.08. The molecule has 0 saturated heterocycles. The second-order valence-corrected chi connectivity index (χ2v) is 9.29. The van der Waals surface area contributed by atoms with Crippen LogP contribution in [0.2, 0.25) is 10.4 Å². The first-order valence-electron chi connectivity index (χ1n) is 5.14. The number of aliphatic hydroxyl groups is 1. The van der Waals surface area contributed by atoms with Crippen LogP contribution < -0.4 is 0 Å². The van der Waals surface area contributed by atoms with E-state index in [9.17, 15) is 5.11 Å². The van der Waals surface area contributed by atoms with Gasteiger partial charge in [0.15, 0.2) is 0 Å². The maximum atomic E-state index is 9.53. The molecule has 0 bridgehead atoms. The van der Waals surface area contributed by atoms with Crippen molar-refractivity contribution in [2.24, 2.45) is 0 Å². The molecule has 0 aromatic carbocycles. The molecule has 12 heavy (non-hydrogen) atoms. The summed E-state index contributed by atoms with van der Waals surface area (Å²) in [6.07, 6.45) is 5.22. The zero-order valence-electron chi connectivity index (χ0n) is 8.71. The predicted octanol–water partition coefficient (Wildman–Crippen LogP) is 3.00. The van der Waals surface area contributed by atoms with Gasteiger partial charge in [0, 0.05) is 0 Å². The summed E-state index contributed by atoms with van der Waals surface area (Å²) in [6.45, 7) is 6.45. The van der Waals surface area contributed by atoms with Gasteiger partial charge >= 0.3 is 81.5 Å². The van der Waals surface area contributed by atoms with Crippen LogP contribution >= 0.6 is 0 Å². The van der Waals surface area contributed by atoms with Crippen molar-refractivity contribution in [2.75, 3.05) is 0 Å². The van der Waals surface area contributed by atoms with Crippen LogP contribution in [0.5, 0.6) is 0 Å². The Morgan fingerprint density at radius 2 is 1.50 bits per heavy atom. The fourth-order valence-electron chi connectivity index (χ4n) is 1.21. The Kier molecular flexibility index (Phi) is 8.48. The molecular weight excluding hydrogens is 211 g/mol. The molecule has 0 saturated carbocycles. The molecule has 0 heterocycles. The third-order valence-corrected chi connectivity index (χ3v) is 8.08. The van der Waals surface area contributed by atoms with Crippen LogP contribution in [0.3, 0.4) is 0 Å². The van der Waals surface area contributed by atoms with Crippen molar-refractivity contribution < 1.29 is 5.11 Å². The van der Waals surface area contributed by atoms with E-state index in [2.05, 4.69) is 13.8 Å². The standard InChI is InChI=1S/C10H23AsO/c1-4-6-8-11(10(3)12)9-7-5-2/h10,12H,4-9H2,1-3H3. The van der Waals surface area contributed by atoms with Crippen LogP contribution in [0.25, 0.3) is 0 Å². The van der Waals surface area contributed by atoms with Crippen LogP contribution in [0.4, 0.5) is 0 Å². The molecule has 0 aromatic heterocycles. The third-order valence-electron chi connectivity index (χ3n) is 2.13. The van der Waals surface area contributed by atoms with E-state index >= 15 is 0 Å². The Hall–Kier alpha value is 0.518. The average Bonchev–Trinajstić information content (AvgIpc) is 2.04. The van der Waals surface area contributed by atoms with Crippen molar-refractivity contribution in [1.82, 2.24) is 0 Å². The molecule has 1 atom stereocenters. The van der Waals surface area contributed by atoms with Crippen LogP contribution in [-0.4, -0.2) is 24.6 Å². The SMILES string of the molecule is CCCC[As](CCCC)C(C)O. The zero-order valence-corrected chi connectivity index (χ0v) is 10.6. The molecule has 1 N–H and O–H groups in total.